The maximum atomic E-state index is 12.0. The normalized spacial score (nSPS) is 17.9. The lowest BCUT2D eigenvalue weighted by Gasteiger charge is -2.25. The highest BCUT2D eigenvalue weighted by atomic mass is 35.5. The zero-order valence-corrected chi connectivity index (χ0v) is 13.2. The highest BCUT2D eigenvalue weighted by molar-refractivity contribution is 5.85. The first-order valence-electron chi connectivity index (χ1n) is 7.08. The molecule has 2 N–H and O–H groups in total. The van der Waals surface area contributed by atoms with Gasteiger partial charge in [-0.25, -0.2) is 0 Å². The van der Waals surface area contributed by atoms with Crippen LogP contribution in [0, 0.1) is 11.8 Å². The van der Waals surface area contributed by atoms with E-state index in [1.165, 1.54) is 0 Å². The molecule has 0 spiro atoms. The molecule has 1 fully saturated rings. The first kappa shape index (κ1) is 18.7. The van der Waals surface area contributed by atoms with Crippen molar-refractivity contribution in [2.45, 2.75) is 45.6 Å². The number of hydrogen-bond acceptors (Lipinski definition) is 3. The third-order valence-corrected chi connectivity index (χ3v) is 3.88. The molecule has 0 radical (unpaired) electrons. The van der Waals surface area contributed by atoms with E-state index in [4.69, 9.17) is 10.5 Å². The summed E-state index contributed by atoms with van der Waals surface area (Å²) >= 11 is 0. The van der Waals surface area contributed by atoms with E-state index >= 15 is 0 Å². The molecule has 1 saturated heterocycles. The molecule has 114 valence electrons. The number of nitrogens with zero attached hydrogens (tertiary/aromatic N) is 1. The molecule has 0 aromatic carbocycles. The van der Waals surface area contributed by atoms with Gasteiger partial charge in [-0.3, -0.25) is 4.79 Å². The predicted molar refractivity (Wildman–Crippen MR) is 80.5 cm³/mol. The third kappa shape index (κ3) is 7.14. The summed E-state index contributed by atoms with van der Waals surface area (Å²) in [6.45, 7) is 6.62. The fraction of sp³-hybridized carbons (Fsp3) is 0.929. The fourth-order valence-electron chi connectivity index (χ4n) is 2.15. The van der Waals surface area contributed by atoms with Gasteiger partial charge < -0.3 is 15.4 Å². The number of carbonyl (C=O) groups is 1. The number of ether oxygens (including phenoxy) is 1. The SMILES string of the molecule is CC(C)C(N)CCN(C)C(=O)CC1CCOCC1.Cl. The lowest BCUT2D eigenvalue weighted by atomic mass is 9.96. The van der Waals surface area contributed by atoms with Gasteiger partial charge in [0.15, 0.2) is 0 Å². The summed E-state index contributed by atoms with van der Waals surface area (Å²) < 4.78 is 5.31. The Morgan fingerprint density at radius 2 is 1.95 bits per heavy atom. The molecule has 0 bridgehead atoms. The lowest BCUT2D eigenvalue weighted by molar-refractivity contribution is -0.131. The van der Waals surface area contributed by atoms with E-state index < -0.39 is 0 Å². The maximum Gasteiger partial charge on any atom is 0.222 e. The van der Waals surface area contributed by atoms with Crippen molar-refractivity contribution in [1.82, 2.24) is 4.90 Å². The van der Waals surface area contributed by atoms with Gasteiger partial charge in [-0.15, -0.1) is 12.4 Å². The molecule has 1 unspecified atom stereocenters. The molecular weight excluding hydrogens is 264 g/mol. The molecule has 4 nitrogen and oxygen atoms in total. The average molecular weight is 293 g/mol. The largest absolute Gasteiger partial charge is 0.381 e. The van der Waals surface area contributed by atoms with Gasteiger partial charge >= 0.3 is 0 Å². The number of carbonyl (C=O) groups excluding carboxylic acids is 1. The Morgan fingerprint density at radius 1 is 1.37 bits per heavy atom. The van der Waals surface area contributed by atoms with Gasteiger partial charge in [-0.2, -0.15) is 0 Å². The molecule has 19 heavy (non-hydrogen) atoms. The lowest BCUT2D eigenvalue weighted by Crippen LogP contribution is -2.35. The number of halogens is 1. The van der Waals surface area contributed by atoms with Crippen LogP contribution < -0.4 is 5.73 Å². The van der Waals surface area contributed by atoms with E-state index in [9.17, 15) is 4.79 Å². The van der Waals surface area contributed by atoms with Gasteiger partial charge in [0.2, 0.25) is 5.91 Å². The molecule has 1 aliphatic rings. The summed E-state index contributed by atoms with van der Waals surface area (Å²) in [5, 5.41) is 0. The summed E-state index contributed by atoms with van der Waals surface area (Å²) in [6, 6.07) is 0.184. The monoisotopic (exact) mass is 292 g/mol. The van der Waals surface area contributed by atoms with Crippen LogP contribution in [0.25, 0.3) is 0 Å². The van der Waals surface area contributed by atoms with Crippen molar-refractivity contribution >= 4 is 18.3 Å². The van der Waals surface area contributed by atoms with Crippen LogP contribution in [0.1, 0.15) is 39.5 Å². The molecule has 1 aliphatic heterocycles. The Balaban J connectivity index is 0.00000324. The van der Waals surface area contributed by atoms with Gasteiger partial charge in [0.1, 0.15) is 0 Å². The minimum Gasteiger partial charge on any atom is -0.381 e. The molecule has 1 heterocycles. The highest BCUT2D eigenvalue weighted by Crippen LogP contribution is 2.19. The van der Waals surface area contributed by atoms with Crippen LogP contribution in [0.2, 0.25) is 0 Å². The molecule has 1 amide bonds. The maximum absolute atomic E-state index is 12.0. The van der Waals surface area contributed by atoms with Crippen molar-refractivity contribution in [1.29, 1.82) is 0 Å². The van der Waals surface area contributed by atoms with E-state index in [-0.39, 0.29) is 24.4 Å². The zero-order valence-electron chi connectivity index (χ0n) is 12.4. The summed E-state index contributed by atoms with van der Waals surface area (Å²) in [6.07, 6.45) is 3.58. The summed E-state index contributed by atoms with van der Waals surface area (Å²) in [5.41, 5.74) is 5.99. The minimum absolute atomic E-state index is 0. The Hall–Kier alpha value is -0.320. The van der Waals surface area contributed by atoms with E-state index in [0.717, 1.165) is 39.0 Å². The van der Waals surface area contributed by atoms with Gasteiger partial charge in [-0.1, -0.05) is 13.8 Å². The number of rotatable bonds is 6. The fourth-order valence-corrected chi connectivity index (χ4v) is 2.15. The van der Waals surface area contributed by atoms with Crippen molar-refractivity contribution in [2.75, 3.05) is 26.8 Å². The Kier molecular flexibility index (Phi) is 9.40. The van der Waals surface area contributed by atoms with Crippen LogP contribution in [-0.4, -0.2) is 43.7 Å². The van der Waals surface area contributed by atoms with Crippen molar-refractivity contribution in [3.8, 4) is 0 Å². The van der Waals surface area contributed by atoms with Crippen LogP contribution in [-0.2, 0) is 9.53 Å². The molecule has 5 heteroatoms. The highest BCUT2D eigenvalue weighted by Gasteiger charge is 2.20. The molecule has 1 atom stereocenters. The third-order valence-electron chi connectivity index (χ3n) is 3.88. The van der Waals surface area contributed by atoms with E-state index in [1.807, 2.05) is 11.9 Å². The van der Waals surface area contributed by atoms with Gasteiger partial charge in [0.05, 0.1) is 0 Å². The second-order valence-corrected chi connectivity index (χ2v) is 5.77. The Labute approximate surface area is 123 Å². The van der Waals surface area contributed by atoms with E-state index in [1.54, 1.807) is 0 Å². The molecule has 0 aromatic rings. The van der Waals surface area contributed by atoms with Crippen molar-refractivity contribution < 1.29 is 9.53 Å². The number of amides is 1. The summed E-state index contributed by atoms with van der Waals surface area (Å²) in [5.74, 6) is 1.23. The second kappa shape index (κ2) is 9.56. The van der Waals surface area contributed by atoms with Gasteiger partial charge in [-0.05, 0) is 31.1 Å². The van der Waals surface area contributed by atoms with Crippen molar-refractivity contribution in [3.05, 3.63) is 0 Å². The predicted octanol–water partition coefficient (Wildman–Crippen LogP) is 2.06. The van der Waals surface area contributed by atoms with Crippen molar-refractivity contribution in [2.24, 2.45) is 17.6 Å². The van der Waals surface area contributed by atoms with Crippen molar-refractivity contribution in [3.63, 3.8) is 0 Å². The second-order valence-electron chi connectivity index (χ2n) is 5.77. The average Bonchev–Trinajstić information content (AvgIpc) is 2.36. The van der Waals surface area contributed by atoms with Gasteiger partial charge in [0.25, 0.3) is 0 Å². The number of hydrogen-bond donors (Lipinski definition) is 1. The van der Waals surface area contributed by atoms with Crippen LogP contribution in [0.3, 0.4) is 0 Å². The molecule has 1 rings (SSSR count). The number of nitrogens with two attached hydrogens (primary N) is 1. The first-order chi connectivity index (χ1) is 8.50. The topological polar surface area (TPSA) is 55.6 Å². The van der Waals surface area contributed by atoms with Gasteiger partial charge in [0, 0.05) is 39.3 Å². The zero-order chi connectivity index (χ0) is 13.5. The first-order valence-corrected chi connectivity index (χ1v) is 7.08. The van der Waals surface area contributed by atoms with E-state index in [0.29, 0.717) is 18.3 Å². The smallest absolute Gasteiger partial charge is 0.222 e. The standard InChI is InChI=1S/C14H28N2O2.ClH/c1-11(2)13(15)4-7-16(3)14(17)10-12-5-8-18-9-6-12;/h11-13H,4-10,15H2,1-3H3;1H. The minimum atomic E-state index is 0. The van der Waals surface area contributed by atoms with Crippen LogP contribution in [0.4, 0.5) is 0 Å². The molecule has 0 aliphatic carbocycles. The van der Waals surface area contributed by atoms with E-state index in [2.05, 4.69) is 13.8 Å². The molecule has 0 aromatic heterocycles. The summed E-state index contributed by atoms with van der Waals surface area (Å²) in [7, 11) is 1.88. The van der Waals surface area contributed by atoms with Crippen LogP contribution in [0.15, 0.2) is 0 Å². The van der Waals surface area contributed by atoms with Crippen LogP contribution >= 0.6 is 12.4 Å². The molecule has 0 saturated carbocycles. The van der Waals surface area contributed by atoms with Crippen LogP contribution in [0.5, 0.6) is 0 Å². The Bertz CT molecular complexity index is 256. The summed E-state index contributed by atoms with van der Waals surface area (Å²) in [4.78, 5) is 13.9. The Morgan fingerprint density at radius 3 is 2.47 bits per heavy atom. The molecular formula is C14H29ClN2O2. The quantitative estimate of drug-likeness (QED) is 0.815.